The van der Waals surface area contributed by atoms with Crippen LogP contribution in [-0.2, 0) is 0 Å². The lowest BCUT2D eigenvalue weighted by Gasteiger charge is -2.27. The van der Waals surface area contributed by atoms with Crippen LogP contribution in [0.3, 0.4) is 0 Å². The maximum absolute atomic E-state index is 13.2. The van der Waals surface area contributed by atoms with Gasteiger partial charge in [-0.05, 0) is 19.3 Å². The van der Waals surface area contributed by atoms with E-state index >= 15 is 0 Å². The van der Waals surface area contributed by atoms with E-state index in [-0.39, 0.29) is 5.82 Å². The van der Waals surface area contributed by atoms with Gasteiger partial charge in [-0.15, -0.1) is 0 Å². The monoisotopic (exact) mass is 181 g/mol. The lowest BCUT2D eigenvalue weighted by atomic mass is 10.1. The summed E-state index contributed by atoms with van der Waals surface area (Å²) >= 11 is 0. The second kappa shape index (κ2) is 3.68. The number of halogens is 1. The van der Waals surface area contributed by atoms with E-state index in [2.05, 4.69) is 9.97 Å². The molecular formula is C9H12FN3. The molecule has 0 spiro atoms. The van der Waals surface area contributed by atoms with Crippen molar-refractivity contribution >= 4 is 5.82 Å². The maximum Gasteiger partial charge on any atom is 0.183 e. The van der Waals surface area contributed by atoms with Gasteiger partial charge in [-0.1, -0.05) is 0 Å². The van der Waals surface area contributed by atoms with Gasteiger partial charge in [0.25, 0.3) is 0 Å². The van der Waals surface area contributed by atoms with Gasteiger partial charge in [0.15, 0.2) is 11.6 Å². The van der Waals surface area contributed by atoms with Gasteiger partial charge in [0.05, 0.1) is 6.20 Å². The zero-order chi connectivity index (χ0) is 9.10. The third-order valence-corrected chi connectivity index (χ3v) is 2.30. The van der Waals surface area contributed by atoms with Crippen LogP contribution in [-0.4, -0.2) is 23.1 Å². The van der Waals surface area contributed by atoms with Crippen LogP contribution < -0.4 is 4.90 Å². The Morgan fingerprint density at radius 1 is 1.23 bits per heavy atom. The van der Waals surface area contributed by atoms with Gasteiger partial charge in [0, 0.05) is 13.1 Å². The summed E-state index contributed by atoms with van der Waals surface area (Å²) in [4.78, 5) is 9.56. The molecule has 1 fully saturated rings. The van der Waals surface area contributed by atoms with Crippen LogP contribution in [0.5, 0.6) is 0 Å². The van der Waals surface area contributed by atoms with Crippen molar-refractivity contribution in [2.75, 3.05) is 18.0 Å². The predicted molar refractivity (Wildman–Crippen MR) is 48.1 cm³/mol. The van der Waals surface area contributed by atoms with Gasteiger partial charge in [0.2, 0.25) is 0 Å². The fourth-order valence-corrected chi connectivity index (χ4v) is 1.64. The van der Waals surface area contributed by atoms with E-state index in [9.17, 15) is 4.39 Å². The molecule has 0 radical (unpaired) electrons. The Bertz CT molecular complexity index is 284. The fraction of sp³-hybridized carbons (Fsp3) is 0.556. The largest absolute Gasteiger partial charge is 0.354 e. The molecule has 2 rings (SSSR count). The average molecular weight is 181 g/mol. The Kier molecular flexibility index (Phi) is 2.38. The summed E-state index contributed by atoms with van der Waals surface area (Å²) in [5, 5.41) is 0. The minimum Gasteiger partial charge on any atom is -0.354 e. The first kappa shape index (κ1) is 8.41. The minimum atomic E-state index is -0.315. The van der Waals surface area contributed by atoms with E-state index in [1.54, 1.807) is 0 Å². The molecule has 0 bridgehead atoms. The minimum absolute atomic E-state index is 0.315. The van der Waals surface area contributed by atoms with Crippen LogP contribution >= 0.6 is 0 Å². The second-order valence-corrected chi connectivity index (χ2v) is 3.24. The topological polar surface area (TPSA) is 29.0 Å². The molecule has 70 valence electrons. The highest BCUT2D eigenvalue weighted by Crippen LogP contribution is 2.18. The van der Waals surface area contributed by atoms with Crippen molar-refractivity contribution in [3.63, 3.8) is 0 Å². The summed E-state index contributed by atoms with van der Waals surface area (Å²) in [5.74, 6) is 0.138. The first-order valence-electron chi connectivity index (χ1n) is 4.58. The van der Waals surface area contributed by atoms with E-state index in [1.807, 2.05) is 4.90 Å². The zero-order valence-electron chi connectivity index (χ0n) is 7.41. The molecule has 0 N–H and O–H groups in total. The molecule has 0 saturated carbocycles. The number of rotatable bonds is 1. The van der Waals surface area contributed by atoms with E-state index in [4.69, 9.17) is 0 Å². The molecule has 3 nitrogen and oxygen atoms in total. The molecule has 0 amide bonds. The molecule has 1 aromatic heterocycles. The van der Waals surface area contributed by atoms with E-state index in [1.165, 1.54) is 18.9 Å². The molecule has 0 aliphatic carbocycles. The van der Waals surface area contributed by atoms with Crippen LogP contribution in [0.2, 0.25) is 0 Å². The van der Waals surface area contributed by atoms with Crippen molar-refractivity contribution < 1.29 is 4.39 Å². The predicted octanol–water partition coefficient (Wildman–Crippen LogP) is 1.61. The normalized spacial score (nSPS) is 17.5. The highest BCUT2D eigenvalue weighted by molar-refractivity contribution is 5.38. The number of hydrogen-bond acceptors (Lipinski definition) is 3. The molecule has 0 unspecified atom stereocenters. The molecule has 1 aliphatic rings. The van der Waals surface area contributed by atoms with E-state index in [0.29, 0.717) is 5.82 Å². The van der Waals surface area contributed by atoms with Crippen molar-refractivity contribution in [2.45, 2.75) is 19.3 Å². The Morgan fingerprint density at radius 3 is 2.69 bits per heavy atom. The molecule has 1 aromatic rings. The number of piperidine rings is 1. The number of hydrogen-bond donors (Lipinski definition) is 0. The van der Waals surface area contributed by atoms with Crippen molar-refractivity contribution in [3.8, 4) is 0 Å². The number of anilines is 1. The lowest BCUT2D eigenvalue weighted by Crippen LogP contribution is -2.30. The van der Waals surface area contributed by atoms with Crippen molar-refractivity contribution in [1.29, 1.82) is 0 Å². The van der Waals surface area contributed by atoms with Gasteiger partial charge in [0.1, 0.15) is 6.33 Å². The SMILES string of the molecule is Fc1cncnc1N1CCCCC1. The standard InChI is InChI=1S/C9H12FN3/c10-8-6-11-7-12-9(8)13-4-2-1-3-5-13/h6-7H,1-5H2. The summed E-state index contributed by atoms with van der Waals surface area (Å²) in [6.45, 7) is 1.82. The summed E-state index contributed by atoms with van der Waals surface area (Å²) in [6, 6.07) is 0. The van der Waals surface area contributed by atoms with Gasteiger partial charge >= 0.3 is 0 Å². The molecule has 1 aliphatic heterocycles. The average Bonchev–Trinajstić information content (AvgIpc) is 2.20. The summed E-state index contributed by atoms with van der Waals surface area (Å²) in [6.07, 6.45) is 6.11. The Labute approximate surface area is 76.6 Å². The summed E-state index contributed by atoms with van der Waals surface area (Å²) < 4.78 is 13.2. The Morgan fingerprint density at radius 2 is 2.00 bits per heavy atom. The van der Waals surface area contributed by atoms with Crippen molar-refractivity contribution in [2.24, 2.45) is 0 Å². The fourth-order valence-electron chi connectivity index (χ4n) is 1.64. The lowest BCUT2D eigenvalue weighted by molar-refractivity contribution is 0.546. The van der Waals surface area contributed by atoms with E-state index < -0.39 is 0 Å². The van der Waals surface area contributed by atoms with Crippen LogP contribution in [0.4, 0.5) is 10.2 Å². The third-order valence-electron chi connectivity index (χ3n) is 2.30. The molecule has 4 heteroatoms. The first-order chi connectivity index (χ1) is 6.38. The van der Waals surface area contributed by atoms with Gasteiger partial charge < -0.3 is 4.90 Å². The number of nitrogens with zero attached hydrogens (tertiary/aromatic N) is 3. The van der Waals surface area contributed by atoms with Crippen LogP contribution in [0, 0.1) is 5.82 Å². The maximum atomic E-state index is 13.2. The molecule has 13 heavy (non-hydrogen) atoms. The summed E-state index contributed by atoms with van der Waals surface area (Å²) in [7, 11) is 0. The molecule has 0 aromatic carbocycles. The van der Waals surface area contributed by atoms with Crippen LogP contribution in [0.15, 0.2) is 12.5 Å². The van der Waals surface area contributed by atoms with Crippen LogP contribution in [0.1, 0.15) is 19.3 Å². The van der Waals surface area contributed by atoms with Gasteiger partial charge in [-0.3, -0.25) is 0 Å². The third kappa shape index (κ3) is 1.76. The quantitative estimate of drug-likeness (QED) is 0.659. The molecular weight excluding hydrogens is 169 g/mol. The van der Waals surface area contributed by atoms with E-state index in [0.717, 1.165) is 25.9 Å². The van der Waals surface area contributed by atoms with Gasteiger partial charge in [-0.2, -0.15) is 0 Å². The zero-order valence-corrected chi connectivity index (χ0v) is 7.41. The molecule has 1 saturated heterocycles. The Hall–Kier alpha value is -1.19. The van der Waals surface area contributed by atoms with Crippen molar-refractivity contribution in [1.82, 2.24) is 9.97 Å². The highest BCUT2D eigenvalue weighted by Gasteiger charge is 2.15. The van der Waals surface area contributed by atoms with Gasteiger partial charge in [-0.25, -0.2) is 14.4 Å². The van der Waals surface area contributed by atoms with Crippen molar-refractivity contribution in [3.05, 3.63) is 18.3 Å². The molecule has 2 heterocycles. The first-order valence-corrected chi connectivity index (χ1v) is 4.58. The smallest absolute Gasteiger partial charge is 0.183 e. The second-order valence-electron chi connectivity index (χ2n) is 3.24. The number of aromatic nitrogens is 2. The highest BCUT2D eigenvalue weighted by atomic mass is 19.1. The summed E-state index contributed by atoms with van der Waals surface area (Å²) in [5.41, 5.74) is 0. The van der Waals surface area contributed by atoms with Crippen LogP contribution in [0.25, 0.3) is 0 Å². The molecule has 0 atom stereocenters. The Balaban J connectivity index is 2.18.